The molecule has 0 saturated carbocycles. The predicted molar refractivity (Wildman–Crippen MR) is 176 cm³/mol. The van der Waals surface area contributed by atoms with E-state index in [1.54, 1.807) is 51.1 Å². The van der Waals surface area contributed by atoms with Crippen molar-refractivity contribution < 1.29 is 22.4 Å². The number of benzene rings is 4. The maximum absolute atomic E-state index is 15.0. The van der Waals surface area contributed by atoms with Gasteiger partial charge in [0.1, 0.15) is 18.4 Å². The van der Waals surface area contributed by atoms with Gasteiger partial charge < -0.3 is 10.2 Å². The number of nitrogens with zero attached hydrogens (tertiary/aromatic N) is 2. The van der Waals surface area contributed by atoms with Gasteiger partial charge in [-0.25, -0.2) is 12.8 Å². The number of aryl methyl sites for hydroxylation is 2. The Morgan fingerprint density at radius 1 is 0.889 bits per heavy atom. The Kier molecular flexibility index (Phi) is 11.0. The topological polar surface area (TPSA) is 86.8 Å². The van der Waals surface area contributed by atoms with E-state index >= 15 is 4.39 Å². The molecule has 0 bridgehead atoms. The Morgan fingerprint density at radius 3 is 2.18 bits per heavy atom. The summed E-state index contributed by atoms with van der Waals surface area (Å²) in [5.74, 6) is -1.67. The normalized spacial score (nSPS) is 12.1. The van der Waals surface area contributed by atoms with Gasteiger partial charge in [-0.1, -0.05) is 83.9 Å². The van der Waals surface area contributed by atoms with Crippen LogP contribution < -0.4 is 9.62 Å². The van der Waals surface area contributed by atoms with Gasteiger partial charge in [0.05, 0.1) is 10.6 Å². The standard InChI is InChI=1S/C35H37ClFN3O4S/c1-24(2)38-35(42)33(20-27-10-6-5-7-11-27)39(22-28-12-8-9-13-31(28)37)34(41)23-40(32-21-29(36)17-16-26(32)4)45(43,44)30-18-14-25(3)15-19-30/h5-19,21,24,33H,20,22-23H2,1-4H3,(H,38,42). The predicted octanol–water partition coefficient (Wildman–Crippen LogP) is 6.46. The van der Waals surface area contributed by atoms with Crippen LogP contribution in [0, 0.1) is 19.7 Å². The summed E-state index contributed by atoms with van der Waals surface area (Å²) < 4.78 is 44.4. The van der Waals surface area contributed by atoms with E-state index in [1.165, 1.54) is 41.3 Å². The van der Waals surface area contributed by atoms with Crippen molar-refractivity contribution in [3.63, 3.8) is 0 Å². The fraction of sp³-hybridized carbons (Fsp3) is 0.257. The Morgan fingerprint density at radius 2 is 1.53 bits per heavy atom. The Bertz CT molecular complexity index is 1750. The van der Waals surface area contributed by atoms with Crippen LogP contribution in [0.2, 0.25) is 5.02 Å². The molecule has 1 atom stereocenters. The largest absolute Gasteiger partial charge is 0.352 e. The number of amides is 2. The highest BCUT2D eigenvalue weighted by Crippen LogP contribution is 2.30. The number of nitrogens with one attached hydrogen (secondary N) is 1. The summed E-state index contributed by atoms with van der Waals surface area (Å²) in [7, 11) is -4.29. The van der Waals surface area contributed by atoms with Crippen LogP contribution in [0.1, 0.15) is 36.1 Å². The number of carbonyl (C=O) groups is 2. The fourth-order valence-electron chi connectivity index (χ4n) is 4.95. The van der Waals surface area contributed by atoms with E-state index in [2.05, 4.69) is 5.32 Å². The van der Waals surface area contributed by atoms with Crippen LogP contribution in [0.15, 0.2) is 102 Å². The van der Waals surface area contributed by atoms with Crippen molar-refractivity contribution in [1.29, 1.82) is 0 Å². The molecule has 0 radical (unpaired) electrons. The second-order valence-corrected chi connectivity index (χ2v) is 13.5. The highest BCUT2D eigenvalue weighted by atomic mass is 35.5. The maximum atomic E-state index is 15.0. The van der Waals surface area contributed by atoms with E-state index < -0.39 is 40.2 Å². The molecule has 2 amide bonds. The number of hydrogen-bond donors (Lipinski definition) is 1. The number of anilines is 1. The molecule has 0 aliphatic heterocycles. The molecule has 4 rings (SSSR count). The van der Waals surface area contributed by atoms with Gasteiger partial charge in [0.15, 0.2) is 0 Å². The first-order valence-electron chi connectivity index (χ1n) is 14.6. The molecule has 0 aliphatic rings. The van der Waals surface area contributed by atoms with Crippen molar-refractivity contribution in [1.82, 2.24) is 10.2 Å². The molecule has 1 N–H and O–H groups in total. The zero-order valence-electron chi connectivity index (χ0n) is 25.7. The summed E-state index contributed by atoms with van der Waals surface area (Å²) in [5, 5.41) is 3.17. The third-order valence-corrected chi connectivity index (χ3v) is 9.34. The molecule has 4 aromatic rings. The minimum atomic E-state index is -4.29. The van der Waals surface area contributed by atoms with E-state index in [-0.39, 0.29) is 40.2 Å². The molecule has 7 nitrogen and oxygen atoms in total. The Balaban J connectivity index is 1.84. The molecule has 4 aromatic carbocycles. The van der Waals surface area contributed by atoms with Crippen molar-refractivity contribution in [2.24, 2.45) is 0 Å². The van der Waals surface area contributed by atoms with Gasteiger partial charge in [-0.2, -0.15) is 0 Å². The van der Waals surface area contributed by atoms with Gasteiger partial charge in [0, 0.05) is 29.6 Å². The van der Waals surface area contributed by atoms with Gasteiger partial charge in [-0.05, 0) is 69.2 Å². The second kappa shape index (κ2) is 14.7. The highest BCUT2D eigenvalue weighted by molar-refractivity contribution is 7.92. The smallest absolute Gasteiger partial charge is 0.264 e. The lowest BCUT2D eigenvalue weighted by Crippen LogP contribution is -2.54. The van der Waals surface area contributed by atoms with Crippen LogP contribution in [0.5, 0.6) is 0 Å². The summed E-state index contributed by atoms with van der Waals surface area (Å²) in [4.78, 5) is 29.5. The average Bonchev–Trinajstić information content (AvgIpc) is 3.00. The maximum Gasteiger partial charge on any atom is 0.264 e. The molecule has 1 unspecified atom stereocenters. The third kappa shape index (κ3) is 8.49. The Hall–Kier alpha value is -4.21. The van der Waals surface area contributed by atoms with Gasteiger partial charge in [0.2, 0.25) is 11.8 Å². The van der Waals surface area contributed by atoms with E-state index in [0.29, 0.717) is 5.56 Å². The first kappa shape index (κ1) is 33.7. The van der Waals surface area contributed by atoms with Crippen LogP contribution in [0.25, 0.3) is 0 Å². The van der Waals surface area contributed by atoms with E-state index in [0.717, 1.165) is 15.4 Å². The van der Waals surface area contributed by atoms with Crippen molar-refractivity contribution >= 4 is 39.1 Å². The zero-order valence-corrected chi connectivity index (χ0v) is 27.3. The second-order valence-electron chi connectivity index (χ2n) is 11.2. The first-order chi connectivity index (χ1) is 21.4. The SMILES string of the molecule is Cc1ccc(S(=O)(=O)N(CC(=O)N(Cc2ccccc2F)C(Cc2ccccc2)C(=O)NC(C)C)c2cc(Cl)ccc2C)cc1. The lowest BCUT2D eigenvalue weighted by atomic mass is 10.0. The molecule has 0 fully saturated rings. The number of hydrogen-bond acceptors (Lipinski definition) is 4. The number of sulfonamides is 1. The van der Waals surface area contributed by atoms with Crippen molar-refractivity contribution in [2.45, 2.75) is 57.6 Å². The molecule has 0 spiro atoms. The first-order valence-corrected chi connectivity index (χ1v) is 16.4. The molecule has 10 heteroatoms. The van der Waals surface area contributed by atoms with Crippen LogP contribution >= 0.6 is 11.6 Å². The molecule has 45 heavy (non-hydrogen) atoms. The van der Waals surface area contributed by atoms with Crippen LogP contribution in [0.4, 0.5) is 10.1 Å². The van der Waals surface area contributed by atoms with E-state index in [4.69, 9.17) is 11.6 Å². The number of carbonyl (C=O) groups excluding carboxylic acids is 2. The molecule has 0 heterocycles. The fourth-order valence-corrected chi connectivity index (χ4v) is 6.58. The monoisotopic (exact) mass is 649 g/mol. The van der Waals surface area contributed by atoms with Gasteiger partial charge in [-0.15, -0.1) is 0 Å². The minimum Gasteiger partial charge on any atom is -0.352 e. The van der Waals surface area contributed by atoms with E-state index in [9.17, 15) is 18.0 Å². The number of rotatable bonds is 12. The molecular weight excluding hydrogens is 613 g/mol. The summed E-state index contributed by atoms with van der Waals surface area (Å²) in [6.07, 6.45) is 0.125. The molecule has 0 saturated heterocycles. The van der Waals surface area contributed by atoms with Crippen LogP contribution in [-0.2, 0) is 32.6 Å². The Labute approximate surface area is 269 Å². The third-order valence-electron chi connectivity index (χ3n) is 7.33. The van der Waals surface area contributed by atoms with Crippen molar-refractivity contribution in [2.75, 3.05) is 10.8 Å². The van der Waals surface area contributed by atoms with E-state index in [1.807, 2.05) is 37.3 Å². The molecule has 0 aromatic heterocycles. The van der Waals surface area contributed by atoms with Crippen LogP contribution in [0.3, 0.4) is 0 Å². The van der Waals surface area contributed by atoms with Crippen molar-refractivity contribution in [3.8, 4) is 0 Å². The molecular formula is C35H37ClFN3O4S. The lowest BCUT2D eigenvalue weighted by molar-refractivity contribution is -0.140. The highest BCUT2D eigenvalue weighted by Gasteiger charge is 2.35. The number of halogens is 2. The minimum absolute atomic E-state index is 0.0145. The molecule has 236 valence electrons. The average molecular weight is 650 g/mol. The quantitative estimate of drug-likeness (QED) is 0.191. The summed E-state index contributed by atoms with van der Waals surface area (Å²) in [5.41, 5.74) is 2.62. The zero-order chi connectivity index (χ0) is 32.7. The summed E-state index contributed by atoms with van der Waals surface area (Å²) >= 11 is 6.32. The van der Waals surface area contributed by atoms with Gasteiger partial charge in [0.25, 0.3) is 10.0 Å². The van der Waals surface area contributed by atoms with Gasteiger partial charge in [-0.3, -0.25) is 13.9 Å². The van der Waals surface area contributed by atoms with Crippen LogP contribution in [-0.4, -0.2) is 43.8 Å². The van der Waals surface area contributed by atoms with Gasteiger partial charge >= 0.3 is 0 Å². The summed E-state index contributed by atoms with van der Waals surface area (Å²) in [6.45, 7) is 6.25. The summed E-state index contributed by atoms with van der Waals surface area (Å²) in [6, 6.07) is 25.0. The van der Waals surface area contributed by atoms with Crippen molar-refractivity contribution in [3.05, 3.63) is 130 Å². The molecule has 0 aliphatic carbocycles. The lowest BCUT2D eigenvalue weighted by Gasteiger charge is -2.34.